The summed E-state index contributed by atoms with van der Waals surface area (Å²) in [5.41, 5.74) is 1.30. The van der Waals surface area contributed by atoms with E-state index in [2.05, 4.69) is 26.7 Å². The molecule has 18 heavy (non-hydrogen) atoms. The van der Waals surface area contributed by atoms with E-state index in [0.717, 1.165) is 26.1 Å². The molecule has 0 bridgehead atoms. The predicted molar refractivity (Wildman–Crippen MR) is 74.5 cm³/mol. The van der Waals surface area contributed by atoms with E-state index in [9.17, 15) is 0 Å². The fourth-order valence-electron chi connectivity index (χ4n) is 2.57. The second-order valence-corrected chi connectivity index (χ2v) is 5.16. The maximum Gasteiger partial charge on any atom is 0.0948 e. The molecule has 0 atom stereocenters. The Labute approximate surface area is 110 Å². The van der Waals surface area contributed by atoms with Crippen molar-refractivity contribution in [2.75, 3.05) is 26.2 Å². The van der Waals surface area contributed by atoms with Crippen LogP contribution in [0.3, 0.4) is 0 Å². The predicted octanol–water partition coefficient (Wildman–Crippen LogP) is 1.87. The number of hydrogen-bond acceptors (Lipinski definition) is 3. The van der Waals surface area contributed by atoms with Gasteiger partial charge in [-0.05, 0) is 32.4 Å². The first kappa shape index (κ1) is 13.6. The number of piperidine rings is 1. The molecule has 1 aliphatic heterocycles. The van der Waals surface area contributed by atoms with E-state index in [1.165, 1.54) is 44.6 Å². The summed E-state index contributed by atoms with van der Waals surface area (Å²) < 4.78 is 2.24. The molecule has 1 N–H and O–H groups in total. The van der Waals surface area contributed by atoms with Gasteiger partial charge in [-0.2, -0.15) is 0 Å². The first-order valence-corrected chi connectivity index (χ1v) is 7.32. The average molecular weight is 250 g/mol. The summed E-state index contributed by atoms with van der Waals surface area (Å²) in [5.74, 6) is 0. The van der Waals surface area contributed by atoms with Gasteiger partial charge in [-0.15, -0.1) is 0 Å². The van der Waals surface area contributed by atoms with E-state index in [1.54, 1.807) is 0 Å². The third-order valence-corrected chi connectivity index (χ3v) is 3.62. The molecule has 1 saturated heterocycles. The highest BCUT2D eigenvalue weighted by Crippen LogP contribution is 2.07. The summed E-state index contributed by atoms with van der Waals surface area (Å²) in [6.07, 6.45) is 9.25. The summed E-state index contributed by atoms with van der Waals surface area (Å²) in [6, 6.07) is 0. The Morgan fingerprint density at radius 2 is 2.06 bits per heavy atom. The van der Waals surface area contributed by atoms with E-state index in [-0.39, 0.29) is 0 Å². The van der Waals surface area contributed by atoms with Crippen LogP contribution in [0, 0.1) is 0 Å². The highest BCUT2D eigenvalue weighted by molar-refractivity contribution is 4.97. The van der Waals surface area contributed by atoms with Crippen molar-refractivity contribution in [3.05, 3.63) is 18.2 Å². The van der Waals surface area contributed by atoms with Crippen molar-refractivity contribution >= 4 is 0 Å². The molecule has 0 saturated carbocycles. The van der Waals surface area contributed by atoms with Crippen molar-refractivity contribution in [2.45, 2.75) is 45.7 Å². The topological polar surface area (TPSA) is 33.1 Å². The molecule has 102 valence electrons. The van der Waals surface area contributed by atoms with Crippen molar-refractivity contribution in [3.8, 4) is 0 Å². The van der Waals surface area contributed by atoms with Gasteiger partial charge in [0.1, 0.15) is 0 Å². The Balaban J connectivity index is 1.63. The van der Waals surface area contributed by atoms with Gasteiger partial charge in [0.25, 0.3) is 0 Å². The molecule has 0 aromatic carbocycles. The number of imidazole rings is 1. The van der Waals surface area contributed by atoms with E-state index in [0.29, 0.717) is 0 Å². The molecule has 0 spiro atoms. The molecule has 2 heterocycles. The zero-order valence-corrected chi connectivity index (χ0v) is 11.6. The molecule has 1 aromatic heterocycles. The van der Waals surface area contributed by atoms with Crippen molar-refractivity contribution < 1.29 is 0 Å². The van der Waals surface area contributed by atoms with Crippen molar-refractivity contribution in [1.82, 2.24) is 19.8 Å². The summed E-state index contributed by atoms with van der Waals surface area (Å²) in [5, 5.41) is 3.53. The van der Waals surface area contributed by atoms with Gasteiger partial charge < -0.3 is 14.8 Å². The van der Waals surface area contributed by atoms with Crippen LogP contribution in [0.2, 0.25) is 0 Å². The summed E-state index contributed by atoms with van der Waals surface area (Å²) in [4.78, 5) is 6.79. The van der Waals surface area contributed by atoms with E-state index >= 15 is 0 Å². The third kappa shape index (κ3) is 4.10. The standard InChI is InChI=1S/C14H26N4/c1-2-7-18-13-16-12-14(18)11-15-6-10-17-8-4-3-5-9-17/h12-13,15H,2-11H2,1H3. The Morgan fingerprint density at radius 3 is 2.83 bits per heavy atom. The molecule has 0 amide bonds. The van der Waals surface area contributed by atoms with Gasteiger partial charge >= 0.3 is 0 Å². The van der Waals surface area contributed by atoms with Crippen LogP contribution in [-0.2, 0) is 13.1 Å². The molecule has 0 radical (unpaired) electrons. The normalized spacial score (nSPS) is 17.2. The Kier molecular flexibility index (Phi) is 5.68. The second-order valence-electron chi connectivity index (χ2n) is 5.16. The summed E-state index contributed by atoms with van der Waals surface area (Å²) in [6.45, 7) is 9.05. The molecule has 4 heteroatoms. The van der Waals surface area contributed by atoms with Crippen LogP contribution in [0.5, 0.6) is 0 Å². The molecule has 4 nitrogen and oxygen atoms in total. The van der Waals surface area contributed by atoms with Gasteiger partial charge in [-0.25, -0.2) is 4.98 Å². The van der Waals surface area contributed by atoms with Crippen LogP contribution < -0.4 is 5.32 Å². The minimum Gasteiger partial charge on any atom is -0.333 e. The first-order chi connectivity index (χ1) is 8.90. The maximum atomic E-state index is 4.22. The lowest BCUT2D eigenvalue weighted by Gasteiger charge is -2.26. The van der Waals surface area contributed by atoms with E-state index in [1.807, 2.05) is 12.5 Å². The third-order valence-electron chi connectivity index (χ3n) is 3.62. The van der Waals surface area contributed by atoms with E-state index in [4.69, 9.17) is 0 Å². The van der Waals surface area contributed by atoms with Gasteiger partial charge in [0.15, 0.2) is 0 Å². The summed E-state index contributed by atoms with van der Waals surface area (Å²) >= 11 is 0. The number of nitrogens with zero attached hydrogens (tertiary/aromatic N) is 3. The van der Waals surface area contributed by atoms with Crippen molar-refractivity contribution in [1.29, 1.82) is 0 Å². The Hall–Kier alpha value is -0.870. The van der Waals surface area contributed by atoms with Crippen molar-refractivity contribution in [2.24, 2.45) is 0 Å². The van der Waals surface area contributed by atoms with Gasteiger partial charge in [-0.1, -0.05) is 13.3 Å². The minimum absolute atomic E-state index is 0.938. The average Bonchev–Trinajstić information content (AvgIpc) is 2.84. The molecule has 0 unspecified atom stereocenters. The first-order valence-electron chi connectivity index (χ1n) is 7.32. The Bertz CT molecular complexity index is 328. The van der Waals surface area contributed by atoms with Gasteiger partial charge in [0.05, 0.1) is 12.0 Å². The highest BCUT2D eigenvalue weighted by Gasteiger charge is 2.09. The maximum absolute atomic E-state index is 4.22. The lowest BCUT2D eigenvalue weighted by atomic mass is 10.1. The molecular weight excluding hydrogens is 224 g/mol. The van der Waals surface area contributed by atoms with Gasteiger partial charge in [0, 0.05) is 32.4 Å². The smallest absolute Gasteiger partial charge is 0.0948 e. The number of aromatic nitrogens is 2. The molecular formula is C14H26N4. The van der Waals surface area contributed by atoms with Crippen molar-refractivity contribution in [3.63, 3.8) is 0 Å². The van der Waals surface area contributed by atoms with Crippen LogP contribution in [0.25, 0.3) is 0 Å². The van der Waals surface area contributed by atoms with Crippen LogP contribution in [0.1, 0.15) is 38.3 Å². The molecule has 1 aliphatic rings. The quantitative estimate of drug-likeness (QED) is 0.750. The van der Waals surface area contributed by atoms with Crippen LogP contribution in [-0.4, -0.2) is 40.6 Å². The number of aryl methyl sites for hydroxylation is 1. The lowest BCUT2D eigenvalue weighted by Crippen LogP contribution is -2.35. The molecule has 2 rings (SSSR count). The fraction of sp³-hybridized carbons (Fsp3) is 0.786. The Morgan fingerprint density at radius 1 is 1.22 bits per heavy atom. The SMILES string of the molecule is CCCn1cncc1CNCCN1CCCCC1. The number of rotatable bonds is 7. The van der Waals surface area contributed by atoms with Crippen LogP contribution >= 0.6 is 0 Å². The zero-order valence-electron chi connectivity index (χ0n) is 11.6. The van der Waals surface area contributed by atoms with Gasteiger partial charge in [0.2, 0.25) is 0 Å². The minimum atomic E-state index is 0.938. The van der Waals surface area contributed by atoms with Crippen LogP contribution in [0.15, 0.2) is 12.5 Å². The van der Waals surface area contributed by atoms with E-state index < -0.39 is 0 Å². The number of likely N-dealkylation sites (tertiary alicyclic amines) is 1. The monoisotopic (exact) mass is 250 g/mol. The zero-order chi connectivity index (χ0) is 12.6. The molecule has 1 aromatic rings. The molecule has 0 aliphatic carbocycles. The number of nitrogens with one attached hydrogen (secondary N) is 1. The summed E-state index contributed by atoms with van der Waals surface area (Å²) in [7, 11) is 0. The second kappa shape index (κ2) is 7.54. The van der Waals surface area contributed by atoms with Gasteiger partial charge in [-0.3, -0.25) is 0 Å². The van der Waals surface area contributed by atoms with Crippen LogP contribution in [0.4, 0.5) is 0 Å². The largest absolute Gasteiger partial charge is 0.333 e. The lowest BCUT2D eigenvalue weighted by molar-refractivity contribution is 0.229. The number of hydrogen-bond donors (Lipinski definition) is 1. The highest BCUT2D eigenvalue weighted by atomic mass is 15.1. The fourth-order valence-corrected chi connectivity index (χ4v) is 2.57. The molecule has 1 fully saturated rings.